The molecule has 0 fully saturated rings. The van der Waals surface area contributed by atoms with E-state index in [0.29, 0.717) is 0 Å². The molecular formula is C5H13OZr-. The van der Waals surface area contributed by atoms with Crippen LogP contribution < -0.4 is 0 Å². The third-order valence-electron chi connectivity index (χ3n) is 0.604. The zero-order valence-corrected chi connectivity index (χ0v) is 7.29. The van der Waals surface area contributed by atoms with Gasteiger partial charge in [-0.25, -0.2) is 0 Å². The van der Waals surface area contributed by atoms with E-state index in [2.05, 4.69) is 13.8 Å². The van der Waals surface area contributed by atoms with E-state index >= 15 is 0 Å². The summed E-state index contributed by atoms with van der Waals surface area (Å²) in [5, 5.41) is 0. The molecule has 7 heavy (non-hydrogen) atoms. The predicted molar refractivity (Wildman–Crippen MR) is 28.5 cm³/mol. The second kappa shape index (κ2) is 15.8. The van der Waals surface area contributed by atoms with E-state index in [1.165, 1.54) is 12.8 Å². The molecule has 0 spiro atoms. The van der Waals surface area contributed by atoms with Crippen molar-refractivity contribution in [1.29, 1.82) is 0 Å². The molecule has 0 saturated carbocycles. The minimum absolute atomic E-state index is 0. The molecule has 0 radical (unpaired) electrons. The molecule has 44 valence electrons. The predicted octanol–water partition coefficient (Wildman–Crippen LogP) is 1.18. The molecule has 0 bridgehead atoms. The summed E-state index contributed by atoms with van der Waals surface area (Å²) in [7, 11) is 0. The SMILES string of the molecule is O.[CH2-]CCCC.[Zr]. The van der Waals surface area contributed by atoms with Crippen LogP contribution in [0.1, 0.15) is 26.2 Å². The molecule has 2 N–H and O–H groups in total. The van der Waals surface area contributed by atoms with Crippen LogP contribution in [0.25, 0.3) is 0 Å². The first kappa shape index (κ1) is 15.7. The molecule has 0 aromatic rings. The van der Waals surface area contributed by atoms with Crippen LogP contribution in [0.4, 0.5) is 0 Å². The number of rotatable bonds is 2. The molecular weight excluding hydrogens is 167 g/mol. The first-order valence-electron chi connectivity index (χ1n) is 2.21. The fourth-order valence-corrected chi connectivity index (χ4v) is 0.250. The summed E-state index contributed by atoms with van der Waals surface area (Å²) < 4.78 is 0. The Morgan fingerprint density at radius 3 is 1.86 bits per heavy atom. The van der Waals surface area contributed by atoms with Gasteiger partial charge in [0, 0.05) is 26.2 Å². The normalized spacial score (nSPS) is 6.00. The quantitative estimate of drug-likeness (QED) is 0.572. The molecule has 0 unspecified atom stereocenters. The maximum atomic E-state index is 3.68. The zero-order valence-electron chi connectivity index (χ0n) is 4.83. The van der Waals surface area contributed by atoms with E-state index < -0.39 is 0 Å². The van der Waals surface area contributed by atoms with Crippen LogP contribution in [0.5, 0.6) is 0 Å². The summed E-state index contributed by atoms with van der Waals surface area (Å²) in [5.74, 6) is 0. The minimum atomic E-state index is 0. The van der Waals surface area contributed by atoms with Gasteiger partial charge in [-0.2, -0.15) is 6.42 Å². The summed E-state index contributed by atoms with van der Waals surface area (Å²) in [6.07, 6.45) is 3.65. The van der Waals surface area contributed by atoms with E-state index in [9.17, 15) is 0 Å². The summed E-state index contributed by atoms with van der Waals surface area (Å²) >= 11 is 0. The van der Waals surface area contributed by atoms with Crippen molar-refractivity contribution < 1.29 is 31.7 Å². The van der Waals surface area contributed by atoms with Crippen LogP contribution in [0, 0.1) is 6.92 Å². The second-order valence-electron chi connectivity index (χ2n) is 1.21. The molecule has 0 atom stereocenters. The third-order valence-corrected chi connectivity index (χ3v) is 0.604. The van der Waals surface area contributed by atoms with Gasteiger partial charge in [0.25, 0.3) is 0 Å². The van der Waals surface area contributed by atoms with Gasteiger partial charge in [-0.1, -0.05) is 19.8 Å². The summed E-state index contributed by atoms with van der Waals surface area (Å²) in [6.45, 7) is 5.85. The maximum absolute atomic E-state index is 3.68. The third kappa shape index (κ3) is 19.9. The molecule has 0 rings (SSSR count). The standard InChI is InChI=1S/C5H11.H2O.Zr/c1-3-5-4-2;;/h1,3-5H2,2H3;1H2;/q-1;;. The van der Waals surface area contributed by atoms with Gasteiger partial charge >= 0.3 is 0 Å². The molecule has 0 aliphatic carbocycles. The monoisotopic (exact) mass is 179 g/mol. The number of unbranched alkanes of at least 4 members (excludes halogenated alkanes) is 2. The Morgan fingerprint density at radius 1 is 1.43 bits per heavy atom. The smallest absolute Gasteiger partial charge is 0 e. The van der Waals surface area contributed by atoms with Gasteiger partial charge < -0.3 is 12.4 Å². The summed E-state index contributed by atoms with van der Waals surface area (Å²) in [4.78, 5) is 0. The van der Waals surface area contributed by atoms with E-state index in [-0.39, 0.29) is 31.7 Å². The van der Waals surface area contributed by atoms with Crippen molar-refractivity contribution in [2.45, 2.75) is 26.2 Å². The molecule has 0 aromatic carbocycles. The summed E-state index contributed by atoms with van der Waals surface area (Å²) in [6, 6.07) is 0. The van der Waals surface area contributed by atoms with Gasteiger partial charge in [0.15, 0.2) is 0 Å². The molecule has 0 aliphatic rings. The largest absolute Gasteiger partial charge is 0.412 e. The second-order valence-corrected chi connectivity index (χ2v) is 1.21. The maximum Gasteiger partial charge on any atom is 0 e. The zero-order chi connectivity index (χ0) is 4.12. The van der Waals surface area contributed by atoms with Gasteiger partial charge in [-0.05, 0) is 0 Å². The van der Waals surface area contributed by atoms with Gasteiger partial charge in [0.05, 0.1) is 0 Å². The Balaban J connectivity index is -0.0000000800. The Hall–Kier alpha value is 0.843. The van der Waals surface area contributed by atoms with Crippen molar-refractivity contribution in [3.05, 3.63) is 6.92 Å². The average Bonchev–Trinajstić information content (AvgIpc) is 1.41. The Kier molecular flexibility index (Phi) is 35.4. The van der Waals surface area contributed by atoms with Crippen LogP contribution in [-0.2, 0) is 26.2 Å². The van der Waals surface area contributed by atoms with Crippen LogP contribution >= 0.6 is 0 Å². The molecule has 0 aliphatic heterocycles. The van der Waals surface area contributed by atoms with Crippen LogP contribution in [0.3, 0.4) is 0 Å². The van der Waals surface area contributed by atoms with Crippen molar-refractivity contribution in [1.82, 2.24) is 0 Å². The van der Waals surface area contributed by atoms with E-state index in [1.807, 2.05) is 0 Å². The fourth-order valence-electron chi connectivity index (χ4n) is 0.250. The Bertz CT molecular complexity index is 15.6. The Labute approximate surface area is 64.9 Å². The number of hydrogen-bond donors (Lipinski definition) is 0. The Morgan fingerprint density at radius 2 is 1.86 bits per heavy atom. The molecule has 2 heteroatoms. The van der Waals surface area contributed by atoms with Crippen molar-refractivity contribution in [3.8, 4) is 0 Å². The average molecular weight is 180 g/mol. The molecule has 0 amide bonds. The molecule has 0 heterocycles. The molecule has 0 aromatic heterocycles. The van der Waals surface area contributed by atoms with E-state index in [4.69, 9.17) is 0 Å². The molecule has 1 nitrogen and oxygen atoms in total. The number of hydrogen-bond acceptors (Lipinski definition) is 0. The first-order chi connectivity index (χ1) is 2.41. The van der Waals surface area contributed by atoms with E-state index in [0.717, 1.165) is 6.42 Å². The van der Waals surface area contributed by atoms with Gasteiger partial charge in [-0.15, -0.1) is 0 Å². The summed E-state index contributed by atoms with van der Waals surface area (Å²) in [5.41, 5.74) is 0. The van der Waals surface area contributed by atoms with Gasteiger partial charge in [0.2, 0.25) is 0 Å². The van der Waals surface area contributed by atoms with E-state index in [1.54, 1.807) is 0 Å². The topological polar surface area (TPSA) is 31.5 Å². The fraction of sp³-hybridized carbons (Fsp3) is 0.800. The van der Waals surface area contributed by atoms with Crippen molar-refractivity contribution in [2.75, 3.05) is 0 Å². The van der Waals surface area contributed by atoms with Crippen molar-refractivity contribution in [3.63, 3.8) is 0 Å². The minimum Gasteiger partial charge on any atom is -0.412 e. The van der Waals surface area contributed by atoms with Crippen LogP contribution in [0.2, 0.25) is 0 Å². The first-order valence-corrected chi connectivity index (χ1v) is 2.21. The van der Waals surface area contributed by atoms with Crippen LogP contribution in [0.15, 0.2) is 0 Å². The molecule has 0 saturated heterocycles. The van der Waals surface area contributed by atoms with Crippen molar-refractivity contribution >= 4 is 0 Å². The van der Waals surface area contributed by atoms with Gasteiger partial charge in [0.1, 0.15) is 0 Å². The van der Waals surface area contributed by atoms with Crippen molar-refractivity contribution in [2.24, 2.45) is 0 Å². The van der Waals surface area contributed by atoms with Crippen LogP contribution in [-0.4, -0.2) is 5.48 Å². The van der Waals surface area contributed by atoms with Gasteiger partial charge in [-0.3, -0.25) is 0 Å².